The van der Waals surface area contributed by atoms with E-state index in [2.05, 4.69) is 4.98 Å². The molecule has 0 aliphatic rings. The van der Waals surface area contributed by atoms with E-state index < -0.39 is 0 Å². The van der Waals surface area contributed by atoms with Crippen molar-refractivity contribution in [2.45, 2.75) is 0 Å². The summed E-state index contributed by atoms with van der Waals surface area (Å²) in [7, 11) is 3.09. The third-order valence-electron chi connectivity index (χ3n) is 1.64. The first kappa shape index (κ1) is 10.6. The molecule has 0 radical (unpaired) electrons. The van der Waals surface area contributed by atoms with E-state index in [1.165, 1.54) is 0 Å². The molecule has 0 aliphatic carbocycles. The Morgan fingerprint density at radius 2 is 1.79 bits per heavy atom. The van der Waals surface area contributed by atoms with Gasteiger partial charge in [-0.05, 0) is 0 Å². The van der Waals surface area contributed by atoms with Gasteiger partial charge in [0.1, 0.15) is 6.61 Å². The second-order valence-corrected chi connectivity index (χ2v) is 2.51. The lowest BCUT2D eigenvalue weighted by molar-refractivity contribution is 0.280. The smallest absolute Gasteiger partial charge is 0.206 e. The highest BCUT2D eigenvalue weighted by Crippen LogP contribution is 2.35. The van der Waals surface area contributed by atoms with Gasteiger partial charge in [-0.3, -0.25) is 4.98 Å². The summed E-state index contributed by atoms with van der Waals surface area (Å²) in [5.41, 5.74) is 5.34. The van der Waals surface area contributed by atoms with Crippen LogP contribution in [0.15, 0.2) is 12.4 Å². The zero-order valence-electron chi connectivity index (χ0n) is 8.32. The van der Waals surface area contributed by atoms with Crippen molar-refractivity contribution in [2.75, 3.05) is 27.4 Å². The molecule has 0 fully saturated rings. The highest BCUT2D eigenvalue weighted by atomic mass is 16.5. The van der Waals surface area contributed by atoms with Crippen molar-refractivity contribution in [2.24, 2.45) is 5.73 Å². The van der Waals surface area contributed by atoms with Crippen molar-refractivity contribution in [1.29, 1.82) is 0 Å². The fraction of sp³-hybridized carbons (Fsp3) is 0.444. The molecule has 0 unspecified atom stereocenters. The summed E-state index contributed by atoms with van der Waals surface area (Å²) in [5, 5.41) is 0. The van der Waals surface area contributed by atoms with Crippen molar-refractivity contribution < 1.29 is 14.2 Å². The van der Waals surface area contributed by atoms with Gasteiger partial charge in [-0.1, -0.05) is 0 Å². The molecule has 1 heterocycles. The second-order valence-electron chi connectivity index (χ2n) is 2.51. The first-order valence-electron chi connectivity index (χ1n) is 4.22. The van der Waals surface area contributed by atoms with E-state index in [0.717, 1.165) is 0 Å². The van der Waals surface area contributed by atoms with Gasteiger partial charge in [0, 0.05) is 6.54 Å². The Morgan fingerprint density at radius 1 is 1.21 bits per heavy atom. The van der Waals surface area contributed by atoms with Crippen molar-refractivity contribution in [3.63, 3.8) is 0 Å². The molecular formula is C9H14N2O3. The molecule has 0 aliphatic heterocycles. The largest absolute Gasteiger partial charge is 0.491 e. The summed E-state index contributed by atoms with van der Waals surface area (Å²) in [4.78, 5) is 3.93. The number of hydrogen-bond donors (Lipinski definition) is 1. The van der Waals surface area contributed by atoms with Crippen LogP contribution in [0, 0.1) is 0 Å². The number of rotatable bonds is 5. The van der Waals surface area contributed by atoms with Gasteiger partial charge in [0.15, 0.2) is 11.5 Å². The molecule has 5 nitrogen and oxygen atoms in total. The Morgan fingerprint density at radius 3 is 2.21 bits per heavy atom. The van der Waals surface area contributed by atoms with Crippen molar-refractivity contribution in [3.05, 3.63) is 12.4 Å². The molecule has 78 valence electrons. The highest BCUT2D eigenvalue weighted by molar-refractivity contribution is 5.48. The van der Waals surface area contributed by atoms with E-state index in [9.17, 15) is 0 Å². The number of nitrogens with two attached hydrogens (primary N) is 1. The van der Waals surface area contributed by atoms with Crippen molar-refractivity contribution in [1.82, 2.24) is 4.98 Å². The Balaban J connectivity index is 2.93. The zero-order valence-corrected chi connectivity index (χ0v) is 8.32. The normalized spacial score (nSPS) is 9.64. The fourth-order valence-electron chi connectivity index (χ4n) is 1.01. The molecule has 0 spiro atoms. The monoisotopic (exact) mass is 198 g/mol. The molecular weight excluding hydrogens is 184 g/mol. The van der Waals surface area contributed by atoms with Gasteiger partial charge in [-0.2, -0.15) is 0 Å². The first-order valence-corrected chi connectivity index (χ1v) is 4.22. The summed E-state index contributed by atoms with van der Waals surface area (Å²) in [6.45, 7) is 0.853. The van der Waals surface area contributed by atoms with Gasteiger partial charge >= 0.3 is 0 Å². The van der Waals surface area contributed by atoms with Gasteiger partial charge in [-0.15, -0.1) is 0 Å². The molecule has 2 N–H and O–H groups in total. The van der Waals surface area contributed by atoms with Crippen molar-refractivity contribution in [3.8, 4) is 17.2 Å². The van der Waals surface area contributed by atoms with Crippen LogP contribution in [0.4, 0.5) is 0 Å². The van der Waals surface area contributed by atoms with E-state index in [1.807, 2.05) is 0 Å². The highest BCUT2D eigenvalue weighted by Gasteiger charge is 2.11. The third kappa shape index (κ3) is 2.26. The van der Waals surface area contributed by atoms with Crippen LogP contribution in [0.3, 0.4) is 0 Å². The first-order chi connectivity index (χ1) is 6.83. The molecule has 0 atom stereocenters. The van der Waals surface area contributed by atoms with Crippen LogP contribution in [0.2, 0.25) is 0 Å². The van der Waals surface area contributed by atoms with E-state index in [1.54, 1.807) is 26.6 Å². The minimum Gasteiger partial charge on any atom is -0.491 e. The van der Waals surface area contributed by atoms with Crippen LogP contribution >= 0.6 is 0 Å². The van der Waals surface area contributed by atoms with Crippen LogP contribution in [0.1, 0.15) is 0 Å². The molecule has 0 bridgehead atoms. The molecule has 14 heavy (non-hydrogen) atoms. The topological polar surface area (TPSA) is 66.6 Å². The summed E-state index contributed by atoms with van der Waals surface area (Å²) in [5.74, 6) is 1.62. The lowest BCUT2D eigenvalue weighted by Gasteiger charge is -2.12. The maximum Gasteiger partial charge on any atom is 0.206 e. The minimum atomic E-state index is 0.413. The fourth-order valence-corrected chi connectivity index (χ4v) is 1.01. The lowest BCUT2D eigenvalue weighted by atomic mass is 10.4. The van der Waals surface area contributed by atoms with Crippen LogP contribution in [0.5, 0.6) is 17.2 Å². The SMILES string of the molecule is COc1cncc(OC)c1OCCN. The van der Waals surface area contributed by atoms with Crippen molar-refractivity contribution >= 4 is 0 Å². The van der Waals surface area contributed by atoms with Gasteiger partial charge in [0.25, 0.3) is 0 Å². The van der Waals surface area contributed by atoms with Gasteiger partial charge in [0.05, 0.1) is 26.6 Å². The molecule has 1 aromatic rings. The number of hydrogen-bond acceptors (Lipinski definition) is 5. The number of methoxy groups -OCH3 is 2. The van der Waals surface area contributed by atoms with E-state index in [4.69, 9.17) is 19.9 Å². The minimum absolute atomic E-state index is 0.413. The van der Waals surface area contributed by atoms with Crippen LogP contribution in [0.25, 0.3) is 0 Å². The van der Waals surface area contributed by atoms with Gasteiger partial charge in [-0.25, -0.2) is 0 Å². The lowest BCUT2D eigenvalue weighted by Crippen LogP contribution is -2.11. The van der Waals surface area contributed by atoms with E-state index in [-0.39, 0.29) is 0 Å². The summed E-state index contributed by atoms with van der Waals surface area (Å²) >= 11 is 0. The van der Waals surface area contributed by atoms with E-state index >= 15 is 0 Å². The van der Waals surface area contributed by atoms with Crippen LogP contribution in [-0.4, -0.2) is 32.4 Å². The summed E-state index contributed by atoms with van der Waals surface area (Å²) in [6.07, 6.45) is 3.13. The van der Waals surface area contributed by atoms with E-state index in [0.29, 0.717) is 30.4 Å². The predicted octanol–water partition coefficient (Wildman–Crippen LogP) is 0.436. The average molecular weight is 198 g/mol. The molecule has 0 saturated carbocycles. The number of ether oxygens (including phenoxy) is 3. The Labute approximate surface area is 82.8 Å². The summed E-state index contributed by atoms with van der Waals surface area (Å²) in [6, 6.07) is 0. The Bertz CT molecular complexity index is 269. The zero-order chi connectivity index (χ0) is 10.4. The maximum atomic E-state index is 5.38. The molecule has 0 amide bonds. The second kappa shape index (κ2) is 5.29. The Kier molecular flexibility index (Phi) is 4.00. The maximum absolute atomic E-state index is 5.38. The van der Waals surface area contributed by atoms with Gasteiger partial charge in [0.2, 0.25) is 5.75 Å². The third-order valence-corrected chi connectivity index (χ3v) is 1.64. The average Bonchev–Trinajstić information content (AvgIpc) is 2.25. The summed E-state index contributed by atoms with van der Waals surface area (Å²) < 4.78 is 15.5. The molecule has 1 aromatic heterocycles. The Hall–Kier alpha value is -1.49. The van der Waals surface area contributed by atoms with Crippen LogP contribution in [-0.2, 0) is 0 Å². The van der Waals surface area contributed by atoms with Gasteiger partial charge < -0.3 is 19.9 Å². The number of nitrogens with zero attached hydrogens (tertiary/aromatic N) is 1. The molecule has 0 aromatic carbocycles. The van der Waals surface area contributed by atoms with Crippen LogP contribution < -0.4 is 19.9 Å². The number of pyridine rings is 1. The molecule has 5 heteroatoms. The number of aromatic nitrogens is 1. The predicted molar refractivity (Wildman–Crippen MR) is 51.9 cm³/mol. The molecule has 1 rings (SSSR count). The molecule has 0 saturated heterocycles. The standard InChI is InChI=1S/C9H14N2O3/c1-12-7-5-11-6-8(13-2)9(7)14-4-3-10/h5-6H,3-4,10H2,1-2H3. The quantitative estimate of drug-likeness (QED) is 0.743.